The van der Waals surface area contributed by atoms with Gasteiger partial charge in [0.2, 0.25) is 0 Å². The fourth-order valence-corrected chi connectivity index (χ4v) is 3.03. The normalized spacial score (nSPS) is 22.6. The van der Waals surface area contributed by atoms with Crippen LogP contribution in [0.4, 0.5) is 0 Å². The van der Waals surface area contributed by atoms with Crippen LogP contribution in [0.15, 0.2) is 36.5 Å². The number of carboxylic acids is 1. The first-order chi connectivity index (χ1) is 10.6. The molecule has 2 atom stereocenters. The standard InChI is InChI=1S/C16H20N4O2/c1-12-15(16(21)22)8-5-9-19(12)11-13-10-17-20(18-13)14-6-3-2-4-7-14/h2-4,6-7,10,12,15H,5,8-9,11H2,1H3,(H,21,22)/t12-,15-/m1/s1. The number of aromatic nitrogens is 3. The highest BCUT2D eigenvalue weighted by Gasteiger charge is 2.33. The minimum atomic E-state index is -0.704. The van der Waals surface area contributed by atoms with Gasteiger partial charge in [0.05, 0.1) is 23.5 Å². The van der Waals surface area contributed by atoms with E-state index < -0.39 is 5.97 Å². The van der Waals surface area contributed by atoms with Crippen LogP contribution in [0.2, 0.25) is 0 Å². The molecule has 0 aliphatic carbocycles. The zero-order chi connectivity index (χ0) is 15.5. The predicted octanol–water partition coefficient (Wildman–Crippen LogP) is 1.95. The van der Waals surface area contributed by atoms with E-state index in [9.17, 15) is 9.90 Å². The van der Waals surface area contributed by atoms with Crippen molar-refractivity contribution in [3.8, 4) is 5.69 Å². The van der Waals surface area contributed by atoms with Gasteiger partial charge in [-0.25, -0.2) is 0 Å². The number of rotatable bonds is 4. The molecule has 1 saturated heterocycles. The summed E-state index contributed by atoms with van der Waals surface area (Å²) in [6.07, 6.45) is 3.42. The SMILES string of the molecule is C[C@@H]1[C@H](C(=O)O)CCCN1Cc1cnn(-c2ccccc2)n1. The average Bonchev–Trinajstić information content (AvgIpc) is 2.98. The Balaban J connectivity index is 1.71. The molecule has 0 amide bonds. The number of piperidine rings is 1. The minimum absolute atomic E-state index is 0.0214. The predicted molar refractivity (Wildman–Crippen MR) is 81.6 cm³/mol. The van der Waals surface area contributed by atoms with E-state index in [2.05, 4.69) is 15.1 Å². The van der Waals surface area contributed by atoms with Crippen LogP contribution in [0.25, 0.3) is 5.69 Å². The summed E-state index contributed by atoms with van der Waals surface area (Å²) in [6, 6.07) is 9.77. The van der Waals surface area contributed by atoms with E-state index in [-0.39, 0.29) is 12.0 Å². The van der Waals surface area contributed by atoms with Gasteiger partial charge in [0.25, 0.3) is 0 Å². The highest BCUT2D eigenvalue weighted by atomic mass is 16.4. The number of aliphatic carboxylic acids is 1. The highest BCUT2D eigenvalue weighted by molar-refractivity contribution is 5.70. The van der Waals surface area contributed by atoms with Crippen LogP contribution in [0, 0.1) is 5.92 Å². The van der Waals surface area contributed by atoms with Crippen molar-refractivity contribution >= 4 is 5.97 Å². The molecule has 0 bridgehead atoms. The van der Waals surface area contributed by atoms with Crippen molar-refractivity contribution in [1.29, 1.82) is 0 Å². The summed E-state index contributed by atoms with van der Waals surface area (Å²) >= 11 is 0. The fraction of sp³-hybridized carbons (Fsp3) is 0.438. The molecule has 0 unspecified atom stereocenters. The van der Waals surface area contributed by atoms with E-state index in [1.165, 1.54) is 0 Å². The van der Waals surface area contributed by atoms with Crippen molar-refractivity contribution in [2.45, 2.75) is 32.4 Å². The van der Waals surface area contributed by atoms with E-state index in [0.29, 0.717) is 6.54 Å². The number of hydrogen-bond acceptors (Lipinski definition) is 4. The van der Waals surface area contributed by atoms with Crippen molar-refractivity contribution in [3.63, 3.8) is 0 Å². The second kappa shape index (κ2) is 6.27. The maximum absolute atomic E-state index is 11.3. The molecule has 6 heteroatoms. The lowest BCUT2D eigenvalue weighted by atomic mass is 9.90. The Morgan fingerprint density at radius 1 is 1.36 bits per heavy atom. The van der Waals surface area contributed by atoms with Crippen LogP contribution < -0.4 is 0 Å². The molecule has 0 spiro atoms. The topological polar surface area (TPSA) is 71.2 Å². The van der Waals surface area contributed by atoms with E-state index >= 15 is 0 Å². The van der Waals surface area contributed by atoms with Crippen LogP contribution in [-0.2, 0) is 11.3 Å². The molecule has 1 aromatic heterocycles. The van der Waals surface area contributed by atoms with E-state index in [4.69, 9.17) is 0 Å². The van der Waals surface area contributed by atoms with Crippen LogP contribution in [0.3, 0.4) is 0 Å². The van der Waals surface area contributed by atoms with Gasteiger partial charge in [0, 0.05) is 12.6 Å². The summed E-state index contributed by atoms with van der Waals surface area (Å²) < 4.78 is 0. The Kier molecular flexibility index (Phi) is 4.20. The number of likely N-dealkylation sites (tertiary alicyclic amines) is 1. The van der Waals surface area contributed by atoms with Crippen LogP contribution in [0.1, 0.15) is 25.5 Å². The zero-order valence-corrected chi connectivity index (χ0v) is 12.6. The van der Waals surface area contributed by atoms with E-state index in [0.717, 1.165) is 30.8 Å². The Hall–Kier alpha value is -2.21. The van der Waals surface area contributed by atoms with Gasteiger partial charge in [-0.05, 0) is 38.4 Å². The third-order valence-corrected chi connectivity index (χ3v) is 4.33. The number of nitrogens with zero attached hydrogens (tertiary/aromatic N) is 4. The van der Waals surface area contributed by atoms with Gasteiger partial charge in [0.15, 0.2) is 0 Å². The second-order valence-corrected chi connectivity index (χ2v) is 5.76. The summed E-state index contributed by atoms with van der Waals surface area (Å²) in [4.78, 5) is 15.1. The third-order valence-electron chi connectivity index (χ3n) is 4.33. The summed E-state index contributed by atoms with van der Waals surface area (Å²) in [5.41, 5.74) is 1.78. The van der Waals surface area contributed by atoms with Crippen LogP contribution in [0.5, 0.6) is 0 Å². The lowest BCUT2D eigenvalue weighted by molar-refractivity contribution is -0.145. The molecule has 116 valence electrons. The lowest BCUT2D eigenvalue weighted by Crippen LogP contribution is -2.45. The summed E-state index contributed by atoms with van der Waals surface area (Å²) in [6.45, 7) is 3.53. The molecular weight excluding hydrogens is 280 g/mol. The van der Waals surface area contributed by atoms with Gasteiger partial charge in [-0.1, -0.05) is 18.2 Å². The molecule has 2 aromatic rings. The molecule has 1 aliphatic heterocycles. The number of carboxylic acid groups (broad SMARTS) is 1. The number of hydrogen-bond donors (Lipinski definition) is 1. The van der Waals surface area contributed by atoms with Gasteiger partial charge in [-0.3, -0.25) is 9.69 Å². The lowest BCUT2D eigenvalue weighted by Gasteiger charge is -2.36. The Bertz CT molecular complexity index is 641. The monoisotopic (exact) mass is 300 g/mol. The maximum Gasteiger partial charge on any atom is 0.308 e. The second-order valence-electron chi connectivity index (χ2n) is 5.76. The fourth-order valence-electron chi connectivity index (χ4n) is 3.03. The van der Waals surface area contributed by atoms with Gasteiger partial charge < -0.3 is 5.11 Å². The number of para-hydroxylation sites is 1. The molecule has 0 saturated carbocycles. The number of carbonyl (C=O) groups is 1. The smallest absolute Gasteiger partial charge is 0.308 e. The molecule has 1 aliphatic rings. The van der Waals surface area contributed by atoms with Crippen molar-refractivity contribution < 1.29 is 9.90 Å². The molecule has 0 radical (unpaired) electrons. The van der Waals surface area contributed by atoms with Crippen molar-refractivity contribution in [2.24, 2.45) is 5.92 Å². The quantitative estimate of drug-likeness (QED) is 0.934. The Morgan fingerprint density at radius 3 is 2.86 bits per heavy atom. The molecule has 2 heterocycles. The van der Waals surface area contributed by atoms with Crippen molar-refractivity contribution in [2.75, 3.05) is 6.54 Å². The summed E-state index contributed by atoms with van der Waals surface area (Å²) in [5, 5.41) is 18.1. The molecule has 6 nitrogen and oxygen atoms in total. The minimum Gasteiger partial charge on any atom is -0.481 e. The first-order valence-electron chi connectivity index (χ1n) is 7.58. The summed E-state index contributed by atoms with van der Waals surface area (Å²) in [7, 11) is 0. The Morgan fingerprint density at radius 2 is 2.14 bits per heavy atom. The molecular formula is C16H20N4O2. The zero-order valence-electron chi connectivity index (χ0n) is 12.6. The van der Waals surface area contributed by atoms with Crippen LogP contribution >= 0.6 is 0 Å². The maximum atomic E-state index is 11.3. The van der Waals surface area contributed by atoms with Crippen molar-refractivity contribution in [3.05, 3.63) is 42.2 Å². The summed E-state index contributed by atoms with van der Waals surface area (Å²) in [5.74, 6) is -0.997. The largest absolute Gasteiger partial charge is 0.481 e. The highest BCUT2D eigenvalue weighted by Crippen LogP contribution is 2.25. The first kappa shape index (κ1) is 14.7. The Labute approximate surface area is 129 Å². The van der Waals surface area contributed by atoms with Crippen LogP contribution in [-0.4, -0.2) is 43.6 Å². The van der Waals surface area contributed by atoms with E-state index in [1.54, 1.807) is 11.0 Å². The molecule has 1 N–H and O–H groups in total. The molecule has 22 heavy (non-hydrogen) atoms. The van der Waals surface area contributed by atoms with Gasteiger partial charge in [-0.15, -0.1) is 0 Å². The van der Waals surface area contributed by atoms with Gasteiger partial charge in [0.1, 0.15) is 0 Å². The van der Waals surface area contributed by atoms with E-state index in [1.807, 2.05) is 37.3 Å². The average molecular weight is 300 g/mol. The van der Waals surface area contributed by atoms with Crippen molar-refractivity contribution in [1.82, 2.24) is 19.9 Å². The first-order valence-corrected chi connectivity index (χ1v) is 7.58. The molecule has 1 fully saturated rings. The van der Waals surface area contributed by atoms with Gasteiger partial charge in [-0.2, -0.15) is 15.0 Å². The molecule has 3 rings (SSSR count). The van der Waals surface area contributed by atoms with Gasteiger partial charge >= 0.3 is 5.97 Å². The molecule has 1 aromatic carbocycles. The number of benzene rings is 1. The third kappa shape index (κ3) is 3.01.